The van der Waals surface area contributed by atoms with Crippen molar-refractivity contribution in [2.24, 2.45) is 47.3 Å². The molecular formula is C90H82N14O4. The maximum atomic E-state index is 13.7. The van der Waals surface area contributed by atoms with Crippen molar-refractivity contribution in [2.45, 2.75) is 52.6 Å². The van der Waals surface area contributed by atoms with Gasteiger partial charge in [0.25, 0.3) is 11.8 Å². The Bertz CT molecular complexity index is 5420. The van der Waals surface area contributed by atoms with E-state index in [1.54, 1.807) is 13.8 Å². The molecule has 2 saturated heterocycles. The fourth-order valence-electron chi connectivity index (χ4n) is 17.4. The highest BCUT2D eigenvalue weighted by Gasteiger charge is 2.48. The number of carbonyl (C=O) groups is 4. The molecule has 4 fully saturated rings. The van der Waals surface area contributed by atoms with Gasteiger partial charge in [0, 0.05) is 115 Å². The molecule has 10 aromatic rings. The molecule has 16 bridgehead atoms. The number of amides is 4. The monoisotopic (exact) mass is 1420 g/mol. The molecule has 108 heavy (non-hydrogen) atoms. The van der Waals surface area contributed by atoms with Crippen molar-refractivity contribution in [3.63, 3.8) is 0 Å². The number of hydrogen-bond donors (Lipinski definition) is 8. The van der Waals surface area contributed by atoms with Crippen LogP contribution in [0.2, 0.25) is 0 Å². The standard InChI is InChI=1S/C90H82N14O4/c1-51-39-59(79-49-103(47-77(51)79)75-31-11-57(12-32-75)89(107)91-53(3)87(105)101-61-15-7-55(8-16-61)85-81-35-27-71(97-81)43-67-23-19-63(93-67)41-64-20-24-68(94-64)44-72-28-36-82(85)98-72)5-6-60-40-52(2)78-48-104(50-80(60)78)76-33-13-58(14-34-76)90(108)92-54(4)88(106)102-62-17-9-56(10-18-62)86-83-37-29-73(99-83)45-69-25-21-65(95-69)42-66-22-26-70(96-66)46-74-30-38-84(86)100-74/h5-38,41-46,51-54,59-60,77-80,93,95,98,100H,39-40,47-50H2,1-4H3,(H,91,107)(H,92,108)(H,101,105)(H,102,106)/b6-5+,63-41?,64-41?,65-42?,66-42?,67-43?,68-44?,69-45?,70-46?,71-43?,72-44?,73-45?,74-46?,85-81?,85-82?,86-83?,86-84?/t51-,52+,53-,54-,59+,60-,77-,78+,79+,80-/m0/s1. The largest absolute Gasteiger partial charge is 0.371 e. The summed E-state index contributed by atoms with van der Waals surface area (Å²) in [4.78, 5) is 93.4. The van der Waals surface area contributed by atoms with E-state index >= 15 is 0 Å². The van der Waals surface area contributed by atoms with E-state index in [1.165, 1.54) is 12.8 Å². The minimum absolute atomic E-state index is 0.309. The number of H-pyrrole nitrogens is 4. The second-order valence-corrected chi connectivity index (χ2v) is 30.3. The summed E-state index contributed by atoms with van der Waals surface area (Å²) in [6.07, 6.45) is 23.6. The Hall–Kier alpha value is -12.7. The maximum Gasteiger partial charge on any atom is 0.251 e. The fourth-order valence-corrected chi connectivity index (χ4v) is 17.4. The van der Waals surface area contributed by atoms with Crippen LogP contribution in [-0.2, 0) is 9.59 Å². The van der Waals surface area contributed by atoms with Gasteiger partial charge in [-0.05, 0) is 291 Å². The highest BCUT2D eigenvalue weighted by Crippen LogP contribution is 2.51. The van der Waals surface area contributed by atoms with Crippen LogP contribution in [0.4, 0.5) is 22.7 Å². The Morgan fingerprint density at radius 2 is 0.713 bits per heavy atom. The van der Waals surface area contributed by atoms with E-state index in [1.807, 2.05) is 218 Å². The molecule has 0 radical (unpaired) electrons. The molecule has 8 aliphatic rings. The molecule has 18 heteroatoms. The van der Waals surface area contributed by atoms with E-state index in [0.29, 0.717) is 69.8 Å². The Morgan fingerprint density at radius 3 is 1.08 bits per heavy atom. The van der Waals surface area contributed by atoms with Gasteiger partial charge in [-0.3, -0.25) is 19.2 Å². The van der Waals surface area contributed by atoms with E-state index in [2.05, 4.69) is 89.1 Å². The van der Waals surface area contributed by atoms with Gasteiger partial charge in [0.05, 0.1) is 45.6 Å². The van der Waals surface area contributed by atoms with E-state index < -0.39 is 12.1 Å². The first kappa shape index (κ1) is 67.2. The van der Waals surface area contributed by atoms with Gasteiger partial charge in [-0.25, -0.2) is 19.9 Å². The van der Waals surface area contributed by atoms with Gasteiger partial charge >= 0.3 is 0 Å². The number of nitrogens with zero attached hydrogens (tertiary/aromatic N) is 6. The second-order valence-electron chi connectivity index (χ2n) is 30.3. The van der Waals surface area contributed by atoms with Crippen LogP contribution in [0.15, 0.2) is 194 Å². The van der Waals surface area contributed by atoms with Gasteiger partial charge in [-0.15, -0.1) is 0 Å². The molecule has 2 saturated carbocycles. The van der Waals surface area contributed by atoms with E-state index in [4.69, 9.17) is 19.9 Å². The van der Waals surface area contributed by atoms with Crippen molar-refractivity contribution in [2.75, 3.05) is 46.6 Å². The quantitative estimate of drug-likeness (QED) is 0.0479. The topological polar surface area (TPSA) is 238 Å². The Balaban J connectivity index is 0.466. The van der Waals surface area contributed by atoms with Crippen molar-refractivity contribution in [1.82, 2.24) is 50.5 Å². The number of rotatable bonds is 14. The minimum atomic E-state index is -0.799. The lowest BCUT2D eigenvalue weighted by Crippen LogP contribution is -2.41. The predicted octanol–water partition coefficient (Wildman–Crippen LogP) is 17.1. The molecule has 18 rings (SSSR count). The Kier molecular flexibility index (Phi) is 17.4. The molecule has 8 N–H and O–H groups in total. The van der Waals surface area contributed by atoms with Gasteiger partial charge in [0.15, 0.2) is 0 Å². The summed E-state index contributed by atoms with van der Waals surface area (Å²) in [5.74, 6) is 3.20. The predicted molar refractivity (Wildman–Crippen MR) is 435 cm³/mol. The van der Waals surface area contributed by atoms with Crippen molar-refractivity contribution >= 4 is 139 Å². The normalized spacial score (nSPS) is 20.8. The number of fused-ring (bicyclic) bond motifs is 18. The summed E-state index contributed by atoms with van der Waals surface area (Å²) < 4.78 is 0. The van der Waals surface area contributed by atoms with Crippen molar-refractivity contribution < 1.29 is 19.2 Å². The molecule has 18 nitrogen and oxygen atoms in total. The number of allylic oxidation sites excluding steroid dienone is 2. The lowest BCUT2D eigenvalue weighted by molar-refractivity contribution is -0.118. The van der Waals surface area contributed by atoms with Gasteiger partial charge in [-0.2, -0.15) is 0 Å². The third kappa shape index (κ3) is 13.8. The fraction of sp³-hybridized carbons (Fsp3) is 0.222. The zero-order valence-corrected chi connectivity index (χ0v) is 60.4. The molecular weight excluding hydrogens is 1340 g/mol. The first-order chi connectivity index (χ1) is 52.6. The third-order valence-electron chi connectivity index (χ3n) is 23.1. The molecule has 0 unspecified atom stereocenters. The van der Waals surface area contributed by atoms with Gasteiger partial charge < -0.3 is 51.0 Å². The van der Waals surface area contributed by atoms with Gasteiger partial charge in [-0.1, -0.05) is 50.3 Å². The highest BCUT2D eigenvalue weighted by atomic mass is 16.2. The van der Waals surface area contributed by atoms with Crippen molar-refractivity contribution in [3.05, 3.63) is 251 Å². The van der Waals surface area contributed by atoms with E-state index in [-0.39, 0.29) is 23.6 Å². The Morgan fingerprint density at radius 1 is 0.389 bits per heavy atom. The van der Waals surface area contributed by atoms with Gasteiger partial charge in [0.2, 0.25) is 11.8 Å². The van der Waals surface area contributed by atoms with Crippen LogP contribution in [0.5, 0.6) is 0 Å². The zero-order chi connectivity index (χ0) is 73.3. The smallest absolute Gasteiger partial charge is 0.251 e. The summed E-state index contributed by atoms with van der Waals surface area (Å²) in [6, 6.07) is 57.9. The summed E-state index contributed by atoms with van der Waals surface area (Å²) in [5, 5.41) is 11.9. The average molecular weight is 1420 g/mol. The SMILES string of the molecule is C[C@H](NC(=O)c1ccc(N2C[C@@H]3[C@H](C2)[C@H](C)C[C@@H]3/C=C/[C@@H]2C[C@H](C)[C@@H]3CN(c4ccc(C(=O)N[C@@H](C)C(=O)Nc5ccc(-c6c7nc(cc8ccc(cc9nc(cc%10ccc6[nH]%10)C=C9)[nH]8)C=C7)cc5)cc4)C[C@@H]32)cc1)C(=O)Nc1ccc(-c2c3nc(cc4ccc(cc5nc(cc6ccc2[nH]6)C=C5)[nH]4)C=C3)cc1. The van der Waals surface area contributed by atoms with E-state index in [0.717, 1.165) is 149 Å². The molecule has 536 valence electrons. The first-order valence-electron chi connectivity index (χ1n) is 37.6. The summed E-state index contributed by atoms with van der Waals surface area (Å²) in [6.45, 7) is 12.1. The van der Waals surface area contributed by atoms with Crippen LogP contribution in [0.25, 0.3) is 115 Å². The number of hydrogen-bond acceptors (Lipinski definition) is 10. The van der Waals surface area contributed by atoms with Crippen LogP contribution in [0.3, 0.4) is 0 Å². The number of aromatic amines is 4. The van der Waals surface area contributed by atoms with Crippen LogP contribution in [0.1, 0.15) is 107 Å². The molecule has 6 aliphatic heterocycles. The Labute approximate surface area is 625 Å². The lowest BCUT2D eigenvalue weighted by atomic mass is 9.87. The first-order valence-corrected chi connectivity index (χ1v) is 37.6. The summed E-state index contributed by atoms with van der Waals surface area (Å²) in [5.41, 5.74) is 22.2. The van der Waals surface area contributed by atoms with Crippen molar-refractivity contribution in [1.29, 1.82) is 0 Å². The molecule has 2 aliphatic carbocycles. The maximum absolute atomic E-state index is 13.7. The summed E-state index contributed by atoms with van der Waals surface area (Å²) in [7, 11) is 0. The number of aromatic nitrogens is 8. The number of carbonyl (C=O) groups excluding carboxylic acids is 4. The average Bonchev–Trinajstić information content (AvgIpc) is 1.63. The molecule has 10 atom stereocenters. The third-order valence-corrected chi connectivity index (χ3v) is 23.1. The highest BCUT2D eigenvalue weighted by molar-refractivity contribution is 6.03. The lowest BCUT2D eigenvalue weighted by Gasteiger charge is -2.23. The molecule has 12 heterocycles. The summed E-state index contributed by atoms with van der Waals surface area (Å²) >= 11 is 0. The van der Waals surface area contributed by atoms with Crippen LogP contribution >= 0.6 is 0 Å². The number of nitrogens with one attached hydrogen (secondary N) is 8. The van der Waals surface area contributed by atoms with Crippen LogP contribution in [-0.4, -0.2) is 102 Å². The van der Waals surface area contributed by atoms with Crippen LogP contribution in [0, 0.1) is 47.3 Å². The number of anilines is 4. The van der Waals surface area contributed by atoms with E-state index in [9.17, 15) is 19.2 Å². The molecule has 6 aromatic heterocycles. The molecule has 4 aromatic carbocycles. The minimum Gasteiger partial charge on any atom is -0.371 e. The molecule has 0 spiro atoms. The number of benzene rings is 4. The van der Waals surface area contributed by atoms with Gasteiger partial charge in [0.1, 0.15) is 12.1 Å². The van der Waals surface area contributed by atoms with Crippen molar-refractivity contribution in [3.8, 4) is 22.3 Å². The second kappa shape index (κ2) is 28.0. The zero-order valence-electron chi connectivity index (χ0n) is 60.4. The molecule has 4 amide bonds. The van der Waals surface area contributed by atoms with Crippen LogP contribution < -0.4 is 31.1 Å².